The Morgan fingerprint density at radius 2 is 1.65 bits per heavy atom. The molecule has 2 unspecified atom stereocenters. The zero-order valence-corrected chi connectivity index (χ0v) is 16.0. The molecule has 23 heavy (non-hydrogen) atoms. The lowest BCUT2D eigenvalue weighted by Crippen LogP contribution is -2.51. The van der Waals surface area contributed by atoms with Crippen LogP contribution >= 0.6 is 11.8 Å². The molecule has 1 N–H and O–H groups in total. The molecule has 0 saturated heterocycles. The fourth-order valence-corrected chi connectivity index (χ4v) is 2.82. The minimum Gasteiger partial charge on any atom is -0.337 e. The quantitative estimate of drug-likeness (QED) is 0.807. The van der Waals surface area contributed by atoms with E-state index in [1.807, 2.05) is 20.8 Å². The second kappa shape index (κ2) is 7.40. The average molecular weight is 333 g/mol. The Bertz CT molecular complexity index is 581. The van der Waals surface area contributed by atoms with Crippen molar-refractivity contribution < 1.29 is 4.79 Å². The van der Waals surface area contributed by atoms with E-state index < -0.39 is 5.54 Å². The summed E-state index contributed by atoms with van der Waals surface area (Å²) in [4.78, 5) is 13.4. The molecular weight excluding hydrogens is 304 g/mol. The zero-order chi connectivity index (χ0) is 17.8. The van der Waals surface area contributed by atoms with Crippen molar-refractivity contribution in [3.8, 4) is 6.07 Å². The number of carbonyl (C=O) groups is 1. The van der Waals surface area contributed by atoms with E-state index in [-0.39, 0.29) is 22.5 Å². The van der Waals surface area contributed by atoms with Crippen molar-refractivity contribution in [3.05, 3.63) is 29.8 Å². The van der Waals surface area contributed by atoms with Crippen LogP contribution in [0, 0.1) is 17.2 Å². The van der Waals surface area contributed by atoms with E-state index in [0.29, 0.717) is 0 Å². The maximum absolute atomic E-state index is 12.4. The molecule has 0 radical (unpaired) electrons. The van der Waals surface area contributed by atoms with Gasteiger partial charge in [0.05, 0.1) is 11.3 Å². The molecule has 3 nitrogen and oxygen atoms in total. The summed E-state index contributed by atoms with van der Waals surface area (Å²) in [5.74, 6) is -0.0487. The van der Waals surface area contributed by atoms with Crippen molar-refractivity contribution in [3.63, 3.8) is 0 Å². The predicted octanol–water partition coefficient (Wildman–Crippen LogP) is 4.52. The van der Waals surface area contributed by atoms with Crippen LogP contribution in [-0.4, -0.2) is 16.7 Å². The zero-order valence-electron chi connectivity index (χ0n) is 15.2. The number of amides is 1. The third kappa shape index (κ3) is 5.28. The highest BCUT2D eigenvalue weighted by Crippen LogP contribution is 2.28. The summed E-state index contributed by atoms with van der Waals surface area (Å²) in [5.41, 5.74) is 0.566. The number of thioether (sulfide) groups is 1. The highest BCUT2D eigenvalue weighted by molar-refractivity contribution is 8.00. The number of nitrogens with one attached hydrogen (secondary N) is 1. The maximum atomic E-state index is 12.4. The Labute approximate surface area is 144 Å². The van der Waals surface area contributed by atoms with Crippen molar-refractivity contribution in [2.24, 2.45) is 5.92 Å². The van der Waals surface area contributed by atoms with Gasteiger partial charge in [-0.3, -0.25) is 4.79 Å². The lowest BCUT2D eigenvalue weighted by molar-refractivity contribution is -0.121. The molecule has 0 aliphatic heterocycles. The highest BCUT2D eigenvalue weighted by Gasteiger charge is 2.31. The predicted molar refractivity (Wildman–Crippen MR) is 97.5 cm³/mol. The van der Waals surface area contributed by atoms with Crippen LogP contribution in [0.15, 0.2) is 29.2 Å². The normalized spacial score (nSPS) is 15.6. The van der Waals surface area contributed by atoms with Gasteiger partial charge in [-0.05, 0) is 42.9 Å². The molecule has 0 aliphatic carbocycles. The van der Waals surface area contributed by atoms with E-state index in [1.165, 1.54) is 17.3 Å². The van der Waals surface area contributed by atoms with E-state index in [9.17, 15) is 10.1 Å². The molecule has 1 aromatic carbocycles. The summed E-state index contributed by atoms with van der Waals surface area (Å²) in [6, 6.07) is 10.5. The van der Waals surface area contributed by atoms with Crippen LogP contribution < -0.4 is 5.32 Å². The van der Waals surface area contributed by atoms with Gasteiger partial charge in [0.2, 0.25) is 5.91 Å². The second-order valence-electron chi connectivity index (χ2n) is 7.49. The highest BCUT2D eigenvalue weighted by atomic mass is 32.2. The van der Waals surface area contributed by atoms with Crippen molar-refractivity contribution in [1.82, 2.24) is 5.32 Å². The minimum atomic E-state index is -0.831. The van der Waals surface area contributed by atoms with Crippen LogP contribution in [-0.2, 0) is 10.2 Å². The monoisotopic (exact) mass is 332 g/mol. The lowest BCUT2D eigenvalue weighted by atomic mass is 9.87. The number of rotatable bonds is 5. The van der Waals surface area contributed by atoms with Gasteiger partial charge in [0.25, 0.3) is 0 Å². The lowest BCUT2D eigenvalue weighted by Gasteiger charge is -2.28. The van der Waals surface area contributed by atoms with Crippen LogP contribution in [0.2, 0.25) is 0 Å². The smallest absolute Gasteiger partial charge is 0.234 e. The van der Waals surface area contributed by atoms with E-state index in [2.05, 4.69) is 56.4 Å². The standard InChI is InChI=1S/C19H28N2OS/c1-13(2)19(7,12-20)21-17(22)14(3)23-16-10-8-15(9-11-16)18(4,5)6/h8-11,13-14H,1-7H3,(H,21,22). The molecule has 0 fully saturated rings. The van der Waals surface area contributed by atoms with Gasteiger partial charge < -0.3 is 5.32 Å². The number of carbonyl (C=O) groups excluding carboxylic acids is 1. The van der Waals surface area contributed by atoms with Gasteiger partial charge in [0.15, 0.2) is 0 Å². The van der Waals surface area contributed by atoms with Gasteiger partial charge in [-0.1, -0.05) is 46.8 Å². The molecule has 0 saturated carbocycles. The number of nitrogens with zero attached hydrogens (tertiary/aromatic N) is 1. The van der Waals surface area contributed by atoms with Gasteiger partial charge in [0, 0.05) is 4.90 Å². The number of nitriles is 1. The van der Waals surface area contributed by atoms with Crippen LogP contribution in [0.25, 0.3) is 0 Å². The number of benzene rings is 1. The summed E-state index contributed by atoms with van der Waals surface area (Å²) in [6.45, 7) is 14.1. The van der Waals surface area contributed by atoms with E-state index in [4.69, 9.17) is 0 Å². The molecule has 1 aromatic rings. The summed E-state index contributed by atoms with van der Waals surface area (Å²) in [5, 5.41) is 11.9. The van der Waals surface area contributed by atoms with E-state index >= 15 is 0 Å². The average Bonchev–Trinajstić information content (AvgIpc) is 2.46. The maximum Gasteiger partial charge on any atom is 0.234 e. The Kier molecular flexibility index (Phi) is 6.30. The Hall–Kier alpha value is -1.47. The molecule has 0 bridgehead atoms. The van der Waals surface area contributed by atoms with Crippen molar-refractivity contribution >= 4 is 17.7 Å². The molecule has 0 aliphatic rings. The molecule has 1 rings (SSSR count). The third-order valence-electron chi connectivity index (χ3n) is 4.17. The number of hydrogen-bond donors (Lipinski definition) is 1. The fraction of sp³-hybridized carbons (Fsp3) is 0.579. The van der Waals surface area contributed by atoms with Gasteiger partial charge in [-0.2, -0.15) is 5.26 Å². The topological polar surface area (TPSA) is 52.9 Å². The largest absolute Gasteiger partial charge is 0.337 e. The van der Waals surface area contributed by atoms with Crippen molar-refractivity contribution in [1.29, 1.82) is 5.26 Å². The first-order chi connectivity index (χ1) is 10.5. The van der Waals surface area contributed by atoms with Crippen molar-refractivity contribution in [2.75, 3.05) is 0 Å². The first kappa shape index (κ1) is 19.6. The van der Waals surface area contributed by atoms with Crippen LogP contribution in [0.5, 0.6) is 0 Å². The van der Waals surface area contributed by atoms with Crippen molar-refractivity contribution in [2.45, 2.75) is 69.6 Å². The first-order valence-electron chi connectivity index (χ1n) is 8.00. The van der Waals surface area contributed by atoms with Gasteiger partial charge >= 0.3 is 0 Å². The van der Waals surface area contributed by atoms with Crippen LogP contribution in [0.1, 0.15) is 54.0 Å². The fourth-order valence-electron chi connectivity index (χ4n) is 1.95. The molecule has 0 heterocycles. The van der Waals surface area contributed by atoms with E-state index in [1.54, 1.807) is 6.92 Å². The first-order valence-corrected chi connectivity index (χ1v) is 8.88. The van der Waals surface area contributed by atoms with Crippen LogP contribution in [0.3, 0.4) is 0 Å². The summed E-state index contributed by atoms with van der Waals surface area (Å²) >= 11 is 1.51. The van der Waals surface area contributed by atoms with Gasteiger partial charge in [-0.25, -0.2) is 0 Å². The molecular formula is C19H28N2OS. The Balaban J connectivity index is 2.74. The minimum absolute atomic E-state index is 0.0553. The molecule has 0 spiro atoms. The molecule has 126 valence electrons. The molecule has 1 amide bonds. The molecule has 4 heteroatoms. The third-order valence-corrected chi connectivity index (χ3v) is 5.28. The van der Waals surface area contributed by atoms with E-state index in [0.717, 1.165) is 4.90 Å². The summed E-state index contributed by atoms with van der Waals surface area (Å²) in [7, 11) is 0. The summed E-state index contributed by atoms with van der Waals surface area (Å²) in [6.07, 6.45) is 0. The second-order valence-corrected chi connectivity index (χ2v) is 8.91. The van der Waals surface area contributed by atoms with Gasteiger partial charge in [-0.15, -0.1) is 11.8 Å². The Morgan fingerprint density at radius 1 is 1.13 bits per heavy atom. The Morgan fingerprint density at radius 3 is 2.04 bits per heavy atom. The number of hydrogen-bond acceptors (Lipinski definition) is 3. The van der Waals surface area contributed by atoms with Gasteiger partial charge in [0.1, 0.15) is 5.54 Å². The van der Waals surface area contributed by atoms with Crippen LogP contribution in [0.4, 0.5) is 0 Å². The summed E-state index contributed by atoms with van der Waals surface area (Å²) < 4.78 is 0. The molecule has 2 atom stereocenters. The SMILES string of the molecule is CC(Sc1ccc(C(C)(C)C)cc1)C(=O)NC(C)(C#N)C(C)C. The molecule has 0 aromatic heterocycles.